The zero-order valence-electron chi connectivity index (χ0n) is 16.9. The lowest BCUT2D eigenvalue weighted by molar-refractivity contribution is -0.127. The molecule has 1 saturated heterocycles. The molecule has 0 saturated carbocycles. The van der Waals surface area contributed by atoms with Gasteiger partial charge in [0.05, 0.1) is 12.3 Å². The maximum atomic E-state index is 13.4. The number of carbonyl (C=O) groups excluding carboxylic acids is 2. The van der Waals surface area contributed by atoms with Gasteiger partial charge in [-0.3, -0.25) is 19.4 Å². The number of halogens is 1. The number of amides is 2. The van der Waals surface area contributed by atoms with Gasteiger partial charge in [0.1, 0.15) is 11.3 Å². The van der Waals surface area contributed by atoms with Crippen molar-refractivity contribution < 1.29 is 23.8 Å². The van der Waals surface area contributed by atoms with Gasteiger partial charge in [-0.1, -0.05) is 11.6 Å². The van der Waals surface area contributed by atoms with Gasteiger partial charge in [-0.2, -0.15) is 0 Å². The van der Waals surface area contributed by atoms with E-state index in [4.69, 9.17) is 38.0 Å². The fourth-order valence-corrected chi connectivity index (χ4v) is 3.89. The molecule has 160 valence electrons. The SMILES string of the molecule is CCOc1cc2c(cc1/C=C1\C(=O)N(CC)C(=S)N(c3ccc(Cl)cc3)C1=O)OCO2. The molecule has 0 aromatic heterocycles. The Hall–Kier alpha value is -3.10. The number of hydrogen-bond donors (Lipinski definition) is 0. The van der Waals surface area contributed by atoms with Crippen LogP contribution in [0.1, 0.15) is 19.4 Å². The summed E-state index contributed by atoms with van der Waals surface area (Å²) in [5.74, 6) is 0.550. The molecule has 2 aromatic carbocycles. The molecular weight excluding hydrogens is 440 g/mol. The number of ether oxygens (including phenoxy) is 3. The molecule has 0 radical (unpaired) electrons. The molecule has 0 N–H and O–H groups in total. The quantitative estimate of drug-likeness (QED) is 0.383. The lowest BCUT2D eigenvalue weighted by Crippen LogP contribution is -2.56. The number of carbonyl (C=O) groups is 2. The predicted molar refractivity (Wildman–Crippen MR) is 121 cm³/mol. The largest absolute Gasteiger partial charge is 0.493 e. The summed E-state index contributed by atoms with van der Waals surface area (Å²) in [7, 11) is 0. The Bertz CT molecular complexity index is 1100. The third-order valence-electron chi connectivity index (χ3n) is 4.84. The standard InChI is InChI=1S/C22H19ClN2O5S/c1-3-24-20(26)16(21(27)25(22(24)31)15-7-5-14(23)6-8-15)9-13-10-18-19(30-12-29-18)11-17(13)28-4-2/h5-11H,3-4,12H2,1-2H3/b16-9+. The highest BCUT2D eigenvalue weighted by Crippen LogP contribution is 2.39. The van der Waals surface area contributed by atoms with Crippen LogP contribution in [0.4, 0.5) is 5.69 Å². The molecule has 2 aliphatic rings. The van der Waals surface area contributed by atoms with Gasteiger partial charge in [-0.25, -0.2) is 0 Å². The molecule has 2 amide bonds. The van der Waals surface area contributed by atoms with Crippen LogP contribution in [0.2, 0.25) is 5.02 Å². The summed E-state index contributed by atoms with van der Waals surface area (Å²) in [5.41, 5.74) is 1.01. The first-order valence-corrected chi connectivity index (χ1v) is 10.5. The van der Waals surface area contributed by atoms with Crippen molar-refractivity contribution in [2.75, 3.05) is 24.8 Å². The molecule has 0 atom stereocenters. The topological polar surface area (TPSA) is 68.3 Å². The maximum Gasteiger partial charge on any atom is 0.270 e. The lowest BCUT2D eigenvalue weighted by Gasteiger charge is -2.36. The van der Waals surface area contributed by atoms with Crippen molar-refractivity contribution >= 4 is 52.5 Å². The van der Waals surface area contributed by atoms with Gasteiger partial charge in [0.25, 0.3) is 11.8 Å². The lowest BCUT2D eigenvalue weighted by atomic mass is 10.0. The van der Waals surface area contributed by atoms with Crippen molar-refractivity contribution in [1.82, 2.24) is 4.90 Å². The van der Waals surface area contributed by atoms with Crippen LogP contribution in [-0.4, -0.2) is 41.8 Å². The van der Waals surface area contributed by atoms with Crippen LogP contribution in [0.5, 0.6) is 17.2 Å². The number of nitrogens with zero attached hydrogens (tertiary/aromatic N) is 2. The van der Waals surface area contributed by atoms with Crippen LogP contribution in [0.3, 0.4) is 0 Å². The predicted octanol–water partition coefficient (Wildman–Crippen LogP) is 4.03. The van der Waals surface area contributed by atoms with E-state index in [-0.39, 0.29) is 17.5 Å². The number of benzene rings is 2. The monoisotopic (exact) mass is 458 g/mol. The van der Waals surface area contributed by atoms with Crippen molar-refractivity contribution in [2.24, 2.45) is 0 Å². The highest BCUT2D eigenvalue weighted by molar-refractivity contribution is 7.80. The van der Waals surface area contributed by atoms with Crippen molar-refractivity contribution in [1.29, 1.82) is 0 Å². The van der Waals surface area contributed by atoms with Crippen LogP contribution in [-0.2, 0) is 9.59 Å². The molecule has 2 aromatic rings. The van der Waals surface area contributed by atoms with E-state index in [2.05, 4.69) is 0 Å². The van der Waals surface area contributed by atoms with E-state index in [0.717, 1.165) is 0 Å². The normalized spacial score (nSPS) is 17.0. The third-order valence-corrected chi connectivity index (χ3v) is 5.49. The minimum absolute atomic E-state index is 0.0368. The summed E-state index contributed by atoms with van der Waals surface area (Å²) >= 11 is 11.4. The van der Waals surface area contributed by atoms with Gasteiger partial charge < -0.3 is 14.2 Å². The Morgan fingerprint density at radius 3 is 2.42 bits per heavy atom. The van der Waals surface area contributed by atoms with Crippen molar-refractivity contribution in [2.45, 2.75) is 13.8 Å². The van der Waals surface area contributed by atoms with Crippen LogP contribution < -0.4 is 19.1 Å². The van der Waals surface area contributed by atoms with Crippen molar-refractivity contribution in [3.8, 4) is 17.2 Å². The minimum Gasteiger partial charge on any atom is -0.493 e. The number of thiocarbonyl (C=S) groups is 1. The Morgan fingerprint density at radius 2 is 1.77 bits per heavy atom. The molecule has 4 rings (SSSR count). The summed E-state index contributed by atoms with van der Waals surface area (Å²) in [6.07, 6.45) is 1.50. The maximum absolute atomic E-state index is 13.4. The molecular formula is C22H19ClN2O5S. The second-order valence-corrected chi connectivity index (χ2v) is 7.48. The first kappa shape index (κ1) is 21.1. The molecule has 2 heterocycles. The minimum atomic E-state index is -0.526. The smallest absolute Gasteiger partial charge is 0.270 e. The summed E-state index contributed by atoms with van der Waals surface area (Å²) < 4.78 is 16.6. The van der Waals surface area contributed by atoms with E-state index in [0.29, 0.717) is 46.7 Å². The summed E-state index contributed by atoms with van der Waals surface area (Å²) in [4.78, 5) is 29.2. The molecule has 7 nitrogen and oxygen atoms in total. The van der Waals surface area contributed by atoms with Crippen LogP contribution in [0.15, 0.2) is 42.0 Å². The van der Waals surface area contributed by atoms with Crippen LogP contribution >= 0.6 is 23.8 Å². The second kappa shape index (κ2) is 8.56. The molecule has 0 aliphatic carbocycles. The third kappa shape index (κ3) is 3.84. The zero-order chi connectivity index (χ0) is 22.1. The molecule has 2 aliphatic heterocycles. The molecule has 0 unspecified atom stereocenters. The first-order valence-electron chi connectivity index (χ1n) is 9.68. The molecule has 1 fully saturated rings. The van der Waals surface area contributed by atoms with Gasteiger partial charge in [-0.05, 0) is 62.5 Å². The highest BCUT2D eigenvalue weighted by atomic mass is 35.5. The van der Waals surface area contributed by atoms with E-state index in [9.17, 15) is 9.59 Å². The average Bonchev–Trinajstić information content (AvgIpc) is 3.20. The van der Waals surface area contributed by atoms with Gasteiger partial charge >= 0.3 is 0 Å². The van der Waals surface area contributed by atoms with E-state index >= 15 is 0 Å². The van der Waals surface area contributed by atoms with Gasteiger partial charge in [0.15, 0.2) is 16.6 Å². The average molecular weight is 459 g/mol. The number of hydrogen-bond acceptors (Lipinski definition) is 6. The van der Waals surface area contributed by atoms with Gasteiger partial charge in [0.2, 0.25) is 6.79 Å². The van der Waals surface area contributed by atoms with E-state index in [1.807, 2.05) is 6.92 Å². The molecule has 0 bridgehead atoms. The fraction of sp³-hybridized carbons (Fsp3) is 0.227. The molecule has 9 heteroatoms. The Labute approximate surface area is 189 Å². The number of anilines is 1. The first-order chi connectivity index (χ1) is 14.9. The Balaban J connectivity index is 1.82. The van der Waals surface area contributed by atoms with Crippen molar-refractivity contribution in [3.63, 3.8) is 0 Å². The van der Waals surface area contributed by atoms with Crippen molar-refractivity contribution in [3.05, 3.63) is 52.6 Å². The highest BCUT2D eigenvalue weighted by Gasteiger charge is 2.39. The summed E-state index contributed by atoms with van der Waals surface area (Å²) in [6, 6.07) is 10.1. The van der Waals surface area contributed by atoms with E-state index in [1.165, 1.54) is 15.9 Å². The second-order valence-electron chi connectivity index (χ2n) is 6.68. The fourth-order valence-electron chi connectivity index (χ4n) is 3.36. The Kier molecular flexibility index (Phi) is 5.84. The van der Waals surface area contributed by atoms with Gasteiger partial charge in [-0.15, -0.1) is 0 Å². The number of fused-ring (bicyclic) bond motifs is 1. The Morgan fingerprint density at radius 1 is 1.10 bits per heavy atom. The summed E-state index contributed by atoms with van der Waals surface area (Å²) in [6.45, 7) is 4.45. The number of likely N-dealkylation sites (N-methyl/N-ethyl adjacent to an activating group) is 1. The van der Waals surface area contributed by atoms with Crippen LogP contribution in [0.25, 0.3) is 6.08 Å². The van der Waals surface area contributed by atoms with E-state index < -0.39 is 11.8 Å². The molecule has 0 spiro atoms. The zero-order valence-corrected chi connectivity index (χ0v) is 18.5. The number of rotatable bonds is 5. The van der Waals surface area contributed by atoms with Gasteiger partial charge in [0, 0.05) is 23.2 Å². The van der Waals surface area contributed by atoms with E-state index in [1.54, 1.807) is 43.3 Å². The summed E-state index contributed by atoms with van der Waals surface area (Å²) in [5, 5.41) is 0.646. The molecule has 31 heavy (non-hydrogen) atoms. The van der Waals surface area contributed by atoms with Crippen LogP contribution in [0, 0.1) is 0 Å².